The van der Waals surface area contributed by atoms with Gasteiger partial charge in [-0.1, -0.05) is 5.16 Å². The minimum atomic E-state index is -0.316. The summed E-state index contributed by atoms with van der Waals surface area (Å²) in [6.07, 6.45) is 3.14. The molecule has 128 valence electrons. The molecule has 2 aromatic heterocycles. The highest BCUT2D eigenvalue weighted by molar-refractivity contribution is 5.94. The van der Waals surface area contributed by atoms with Crippen LogP contribution in [-0.2, 0) is 9.59 Å². The predicted molar refractivity (Wildman–Crippen MR) is 90.8 cm³/mol. The van der Waals surface area contributed by atoms with Crippen molar-refractivity contribution in [3.63, 3.8) is 0 Å². The first kappa shape index (κ1) is 17.5. The Hall–Kier alpha value is -2.83. The lowest BCUT2D eigenvalue weighted by atomic mass is 10.2. The quantitative estimate of drug-likeness (QED) is 0.788. The molecule has 24 heavy (non-hydrogen) atoms. The van der Waals surface area contributed by atoms with Gasteiger partial charge >= 0.3 is 0 Å². The van der Waals surface area contributed by atoms with Crippen molar-refractivity contribution in [3.8, 4) is 5.82 Å². The topological polar surface area (TPSA) is 89.2 Å². The second-order valence-electron chi connectivity index (χ2n) is 5.46. The second kappa shape index (κ2) is 7.63. The molecular weight excluding hydrogens is 308 g/mol. The number of likely N-dealkylation sites (N-methyl/N-ethyl adjacent to an activating group) is 1. The van der Waals surface area contributed by atoms with Gasteiger partial charge in [0.1, 0.15) is 5.76 Å². The van der Waals surface area contributed by atoms with Crippen molar-refractivity contribution >= 4 is 17.9 Å². The molecule has 0 aliphatic carbocycles. The zero-order valence-corrected chi connectivity index (χ0v) is 14.3. The zero-order valence-electron chi connectivity index (χ0n) is 14.3. The number of rotatable bonds is 6. The Bertz CT molecular complexity index is 771. The summed E-state index contributed by atoms with van der Waals surface area (Å²) in [6, 6.07) is 3.82. The summed E-state index contributed by atoms with van der Waals surface area (Å²) in [5, 5.41) is 9.18. The van der Waals surface area contributed by atoms with Crippen LogP contribution in [0.1, 0.15) is 29.6 Å². The molecule has 0 saturated heterocycles. The van der Waals surface area contributed by atoms with Crippen LogP contribution in [0.15, 0.2) is 22.7 Å². The Morgan fingerprint density at radius 3 is 2.62 bits per heavy atom. The van der Waals surface area contributed by atoms with Crippen LogP contribution in [0.25, 0.3) is 11.9 Å². The van der Waals surface area contributed by atoms with Gasteiger partial charge in [0.25, 0.3) is 0 Å². The minimum Gasteiger partial charge on any atom is -0.360 e. The molecule has 2 N–H and O–H groups in total. The van der Waals surface area contributed by atoms with Crippen molar-refractivity contribution in [3.05, 3.63) is 40.9 Å². The van der Waals surface area contributed by atoms with E-state index in [1.165, 1.54) is 6.08 Å². The lowest BCUT2D eigenvalue weighted by Crippen LogP contribution is -2.35. The molecule has 0 unspecified atom stereocenters. The predicted octanol–water partition coefficient (Wildman–Crippen LogP) is 1.66. The SMILES string of the molecule is CCNC(=O)CNC(=O)/C=C/c1cc(C)n(-c2cc(C)on2)c1C. The van der Waals surface area contributed by atoms with Gasteiger partial charge in [0.2, 0.25) is 11.8 Å². The smallest absolute Gasteiger partial charge is 0.244 e. The molecule has 0 fully saturated rings. The Balaban J connectivity index is 2.08. The first-order chi connectivity index (χ1) is 11.4. The Kier molecular flexibility index (Phi) is 5.57. The third kappa shape index (κ3) is 4.13. The van der Waals surface area contributed by atoms with Gasteiger partial charge < -0.3 is 15.2 Å². The highest BCUT2D eigenvalue weighted by atomic mass is 16.5. The molecular formula is C17H22N4O3. The fraction of sp³-hybridized carbons (Fsp3) is 0.353. The number of hydrogen-bond donors (Lipinski definition) is 2. The van der Waals surface area contributed by atoms with Gasteiger partial charge in [-0.15, -0.1) is 0 Å². The Morgan fingerprint density at radius 2 is 2.00 bits per heavy atom. The van der Waals surface area contributed by atoms with E-state index < -0.39 is 0 Å². The van der Waals surface area contributed by atoms with E-state index in [0.717, 1.165) is 22.7 Å². The van der Waals surface area contributed by atoms with Crippen molar-refractivity contribution in [2.45, 2.75) is 27.7 Å². The van der Waals surface area contributed by atoms with Gasteiger partial charge in [-0.25, -0.2) is 0 Å². The lowest BCUT2D eigenvalue weighted by molar-refractivity contribution is -0.123. The summed E-state index contributed by atoms with van der Waals surface area (Å²) in [5.74, 6) is 0.921. The van der Waals surface area contributed by atoms with E-state index in [0.29, 0.717) is 12.4 Å². The monoisotopic (exact) mass is 330 g/mol. The van der Waals surface area contributed by atoms with Crippen LogP contribution >= 0.6 is 0 Å². The van der Waals surface area contributed by atoms with Gasteiger partial charge in [0.15, 0.2) is 5.82 Å². The number of nitrogens with one attached hydrogen (secondary N) is 2. The van der Waals surface area contributed by atoms with Crippen LogP contribution in [0.4, 0.5) is 0 Å². The zero-order chi connectivity index (χ0) is 17.7. The molecule has 0 spiro atoms. The minimum absolute atomic E-state index is 0.0335. The molecule has 0 radical (unpaired) electrons. The maximum atomic E-state index is 11.8. The van der Waals surface area contributed by atoms with Gasteiger partial charge in [-0.2, -0.15) is 0 Å². The van der Waals surface area contributed by atoms with E-state index in [1.54, 1.807) is 6.08 Å². The largest absolute Gasteiger partial charge is 0.360 e. The fourth-order valence-corrected chi connectivity index (χ4v) is 2.42. The van der Waals surface area contributed by atoms with Crippen molar-refractivity contribution in [2.75, 3.05) is 13.1 Å². The fourth-order valence-electron chi connectivity index (χ4n) is 2.42. The van der Waals surface area contributed by atoms with Crippen molar-refractivity contribution in [2.24, 2.45) is 0 Å². The first-order valence-electron chi connectivity index (χ1n) is 7.77. The average Bonchev–Trinajstić information content (AvgIpc) is 3.06. The van der Waals surface area contributed by atoms with Gasteiger partial charge in [-0.3, -0.25) is 14.2 Å². The summed E-state index contributed by atoms with van der Waals surface area (Å²) < 4.78 is 7.08. The van der Waals surface area contributed by atoms with Crippen molar-refractivity contribution < 1.29 is 14.1 Å². The van der Waals surface area contributed by atoms with Crippen molar-refractivity contribution in [1.29, 1.82) is 0 Å². The third-order valence-electron chi connectivity index (χ3n) is 3.53. The van der Waals surface area contributed by atoms with E-state index in [-0.39, 0.29) is 18.4 Å². The molecule has 7 nitrogen and oxygen atoms in total. The molecule has 2 heterocycles. The van der Waals surface area contributed by atoms with Gasteiger partial charge in [-0.05, 0) is 45.4 Å². The van der Waals surface area contributed by atoms with Gasteiger partial charge in [0.05, 0.1) is 6.54 Å². The lowest BCUT2D eigenvalue weighted by Gasteiger charge is -2.04. The molecule has 2 aromatic rings. The standard InChI is InChI=1S/C17H22N4O3/c1-5-18-17(23)10-19-16(22)7-6-14-8-11(2)21(13(14)4)15-9-12(3)24-20-15/h6-9H,5,10H2,1-4H3,(H,18,23)(H,19,22)/b7-6+. The van der Waals surface area contributed by atoms with Crippen LogP contribution in [-0.4, -0.2) is 34.6 Å². The van der Waals surface area contributed by atoms with Crippen molar-refractivity contribution in [1.82, 2.24) is 20.4 Å². The second-order valence-corrected chi connectivity index (χ2v) is 5.46. The molecule has 0 bridgehead atoms. The summed E-state index contributed by atoms with van der Waals surface area (Å²) in [5.41, 5.74) is 2.85. The molecule has 0 atom stereocenters. The highest BCUT2D eigenvalue weighted by Crippen LogP contribution is 2.21. The van der Waals surface area contributed by atoms with E-state index >= 15 is 0 Å². The molecule has 2 amide bonds. The van der Waals surface area contributed by atoms with E-state index in [9.17, 15) is 9.59 Å². The number of hydrogen-bond acceptors (Lipinski definition) is 4. The normalized spacial score (nSPS) is 11.0. The first-order valence-corrected chi connectivity index (χ1v) is 7.77. The summed E-state index contributed by atoms with van der Waals surface area (Å²) in [4.78, 5) is 23.1. The third-order valence-corrected chi connectivity index (χ3v) is 3.53. The van der Waals surface area contributed by atoms with Crippen LogP contribution in [0.3, 0.4) is 0 Å². The summed E-state index contributed by atoms with van der Waals surface area (Å²) in [6.45, 7) is 8.08. The van der Waals surface area contributed by atoms with Crippen LogP contribution < -0.4 is 10.6 Å². The van der Waals surface area contributed by atoms with Crippen LogP contribution in [0.2, 0.25) is 0 Å². The summed E-state index contributed by atoms with van der Waals surface area (Å²) in [7, 11) is 0. The summed E-state index contributed by atoms with van der Waals surface area (Å²) >= 11 is 0. The number of aromatic nitrogens is 2. The van der Waals surface area contributed by atoms with E-state index in [2.05, 4.69) is 15.8 Å². The molecule has 0 aromatic carbocycles. The average molecular weight is 330 g/mol. The number of nitrogens with zero attached hydrogens (tertiary/aromatic N) is 2. The highest BCUT2D eigenvalue weighted by Gasteiger charge is 2.12. The molecule has 0 aliphatic rings. The van der Waals surface area contributed by atoms with Gasteiger partial charge in [0, 0.05) is 30.1 Å². The Labute approximate surface area is 140 Å². The molecule has 0 aliphatic heterocycles. The molecule has 2 rings (SSSR count). The molecule has 0 saturated carbocycles. The van der Waals surface area contributed by atoms with E-state index in [4.69, 9.17) is 4.52 Å². The maximum Gasteiger partial charge on any atom is 0.244 e. The number of amides is 2. The maximum absolute atomic E-state index is 11.8. The number of carbonyl (C=O) groups is 2. The van der Waals surface area contributed by atoms with E-state index in [1.807, 2.05) is 44.4 Å². The number of carbonyl (C=O) groups excluding carboxylic acids is 2. The Morgan fingerprint density at radius 1 is 1.25 bits per heavy atom. The van der Waals surface area contributed by atoms with Crippen LogP contribution in [0, 0.1) is 20.8 Å². The number of aryl methyl sites for hydroxylation is 2. The molecule has 7 heteroatoms. The van der Waals surface area contributed by atoms with Crippen LogP contribution in [0.5, 0.6) is 0 Å².